The van der Waals surface area contributed by atoms with Crippen LogP contribution in [-0.4, -0.2) is 9.97 Å². The van der Waals surface area contributed by atoms with Gasteiger partial charge in [-0.25, -0.2) is 9.37 Å². The number of nitrogens with one attached hydrogen (secondary N) is 1. The van der Waals surface area contributed by atoms with Gasteiger partial charge in [-0.05, 0) is 25.1 Å². The summed E-state index contributed by atoms with van der Waals surface area (Å²) in [7, 11) is 0. The molecule has 102 valence electrons. The first-order chi connectivity index (χ1) is 9.54. The fraction of sp³-hybridized carbons (Fsp3) is 0.0769. The van der Waals surface area contributed by atoms with E-state index in [0.717, 1.165) is 15.1 Å². The fourth-order valence-corrected chi connectivity index (χ4v) is 2.99. The van der Waals surface area contributed by atoms with E-state index in [1.807, 2.05) is 13.0 Å². The van der Waals surface area contributed by atoms with Gasteiger partial charge in [-0.1, -0.05) is 17.7 Å². The van der Waals surface area contributed by atoms with Crippen LogP contribution in [0, 0.1) is 12.7 Å². The van der Waals surface area contributed by atoms with Gasteiger partial charge in [-0.15, -0.1) is 11.3 Å². The Kier molecular flexibility index (Phi) is 3.19. The van der Waals surface area contributed by atoms with Crippen molar-refractivity contribution in [2.45, 2.75) is 6.92 Å². The number of nitrogens with two attached hydrogens (primary N) is 1. The van der Waals surface area contributed by atoms with Crippen molar-refractivity contribution in [3.8, 4) is 0 Å². The maximum Gasteiger partial charge on any atom is 0.223 e. The lowest BCUT2D eigenvalue weighted by molar-refractivity contribution is 0.632. The van der Waals surface area contributed by atoms with Gasteiger partial charge in [0.05, 0.1) is 16.1 Å². The lowest BCUT2D eigenvalue weighted by Crippen LogP contribution is -2.01. The van der Waals surface area contributed by atoms with Crippen LogP contribution in [0.4, 0.5) is 21.8 Å². The van der Waals surface area contributed by atoms with Crippen LogP contribution in [0.3, 0.4) is 0 Å². The summed E-state index contributed by atoms with van der Waals surface area (Å²) >= 11 is 7.50. The van der Waals surface area contributed by atoms with Gasteiger partial charge in [0, 0.05) is 4.88 Å². The zero-order chi connectivity index (χ0) is 14.3. The quantitative estimate of drug-likeness (QED) is 0.747. The standard InChI is InChI=1S/C13H10ClFN4S/c1-6-5-7-11(18-13(16)19-12(7)20-6)17-10-8(14)3-2-4-9(10)15/h2-5H,1H3,(H3,16,17,18,19). The van der Waals surface area contributed by atoms with Gasteiger partial charge in [0.1, 0.15) is 16.5 Å². The summed E-state index contributed by atoms with van der Waals surface area (Å²) in [6, 6.07) is 6.40. The van der Waals surface area contributed by atoms with Crippen molar-refractivity contribution in [3.05, 3.63) is 40.0 Å². The molecule has 0 fully saturated rings. The zero-order valence-electron chi connectivity index (χ0n) is 10.4. The molecule has 3 rings (SSSR count). The molecule has 0 aliphatic carbocycles. The number of hydrogen-bond acceptors (Lipinski definition) is 5. The molecule has 0 aliphatic heterocycles. The number of fused-ring (bicyclic) bond motifs is 1. The highest BCUT2D eigenvalue weighted by atomic mass is 35.5. The second-order valence-electron chi connectivity index (χ2n) is 4.23. The largest absolute Gasteiger partial charge is 0.368 e. The van der Waals surface area contributed by atoms with E-state index in [1.165, 1.54) is 17.4 Å². The zero-order valence-corrected chi connectivity index (χ0v) is 12.0. The van der Waals surface area contributed by atoms with Gasteiger partial charge >= 0.3 is 0 Å². The number of hydrogen-bond donors (Lipinski definition) is 2. The molecule has 7 heteroatoms. The molecule has 3 N–H and O–H groups in total. The molecule has 0 amide bonds. The third-order valence-corrected chi connectivity index (χ3v) is 4.00. The molecule has 0 aliphatic rings. The van der Waals surface area contributed by atoms with E-state index in [1.54, 1.807) is 12.1 Å². The summed E-state index contributed by atoms with van der Waals surface area (Å²) in [6.07, 6.45) is 0. The van der Waals surface area contributed by atoms with Crippen LogP contribution in [0.5, 0.6) is 0 Å². The number of aryl methyl sites for hydroxylation is 1. The minimum atomic E-state index is -0.449. The predicted molar refractivity (Wildman–Crippen MR) is 81.3 cm³/mol. The molecule has 0 unspecified atom stereocenters. The Morgan fingerprint density at radius 1 is 1.35 bits per heavy atom. The van der Waals surface area contributed by atoms with Crippen LogP contribution in [0.1, 0.15) is 4.88 Å². The number of rotatable bonds is 2. The first kappa shape index (κ1) is 13.1. The Bertz CT molecular complexity index is 782. The van der Waals surface area contributed by atoms with Crippen LogP contribution in [0.2, 0.25) is 5.02 Å². The Morgan fingerprint density at radius 2 is 2.15 bits per heavy atom. The summed E-state index contributed by atoms with van der Waals surface area (Å²) in [4.78, 5) is 10.1. The highest BCUT2D eigenvalue weighted by Gasteiger charge is 2.13. The lowest BCUT2D eigenvalue weighted by Gasteiger charge is -2.09. The molecule has 20 heavy (non-hydrogen) atoms. The van der Waals surface area contributed by atoms with E-state index in [2.05, 4.69) is 15.3 Å². The van der Waals surface area contributed by atoms with Gasteiger partial charge in [-0.2, -0.15) is 4.98 Å². The maximum atomic E-state index is 13.8. The van der Waals surface area contributed by atoms with Gasteiger partial charge in [0.15, 0.2) is 0 Å². The van der Waals surface area contributed by atoms with E-state index in [4.69, 9.17) is 17.3 Å². The summed E-state index contributed by atoms with van der Waals surface area (Å²) in [5.41, 5.74) is 5.86. The Hall–Kier alpha value is -1.92. The number of para-hydroxylation sites is 1. The lowest BCUT2D eigenvalue weighted by atomic mass is 10.3. The molecule has 2 aromatic heterocycles. The molecule has 2 heterocycles. The molecule has 0 radical (unpaired) electrons. The third kappa shape index (κ3) is 2.28. The molecule has 1 aromatic carbocycles. The van der Waals surface area contributed by atoms with Crippen molar-refractivity contribution in [2.24, 2.45) is 0 Å². The molecule has 3 aromatic rings. The highest BCUT2D eigenvalue weighted by Crippen LogP contribution is 2.33. The fourth-order valence-electron chi connectivity index (χ4n) is 1.89. The monoisotopic (exact) mass is 308 g/mol. The topological polar surface area (TPSA) is 63.8 Å². The Labute approximate surface area is 123 Å². The minimum Gasteiger partial charge on any atom is -0.368 e. The third-order valence-electron chi connectivity index (χ3n) is 2.74. The Morgan fingerprint density at radius 3 is 2.90 bits per heavy atom. The van der Waals surface area contributed by atoms with Crippen molar-refractivity contribution in [1.82, 2.24) is 9.97 Å². The van der Waals surface area contributed by atoms with Crippen molar-refractivity contribution in [1.29, 1.82) is 0 Å². The SMILES string of the molecule is Cc1cc2c(Nc3c(F)cccc3Cl)nc(N)nc2s1. The minimum absolute atomic E-state index is 0.134. The maximum absolute atomic E-state index is 13.8. The van der Waals surface area contributed by atoms with Crippen LogP contribution in [-0.2, 0) is 0 Å². The van der Waals surface area contributed by atoms with Crippen LogP contribution in [0.15, 0.2) is 24.3 Å². The second kappa shape index (κ2) is 4.88. The van der Waals surface area contributed by atoms with Gasteiger partial charge in [-0.3, -0.25) is 0 Å². The second-order valence-corrected chi connectivity index (χ2v) is 5.87. The highest BCUT2D eigenvalue weighted by molar-refractivity contribution is 7.18. The number of anilines is 3. The summed E-state index contributed by atoms with van der Waals surface area (Å²) in [5, 5.41) is 3.98. The summed E-state index contributed by atoms with van der Waals surface area (Å²) in [5.74, 6) is 0.132. The molecule has 0 spiro atoms. The van der Waals surface area contributed by atoms with Gasteiger partial charge < -0.3 is 11.1 Å². The predicted octanol–water partition coefficient (Wildman–Crippen LogP) is 4.12. The number of nitrogen functional groups attached to an aromatic ring is 1. The molecule has 4 nitrogen and oxygen atoms in total. The first-order valence-corrected chi connectivity index (χ1v) is 6.99. The van der Waals surface area contributed by atoms with E-state index < -0.39 is 5.82 Å². The molecular weight excluding hydrogens is 299 g/mol. The summed E-state index contributed by atoms with van der Waals surface area (Å²) in [6.45, 7) is 1.96. The van der Waals surface area contributed by atoms with Gasteiger partial charge in [0.25, 0.3) is 0 Å². The molecule has 0 atom stereocenters. The number of nitrogens with zero attached hydrogens (tertiary/aromatic N) is 2. The van der Waals surface area contributed by atoms with E-state index in [9.17, 15) is 4.39 Å². The molecular formula is C13H10ClFN4S. The van der Waals surface area contributed by atoms with Crippen LogP contribution in [0.25, 0.3) is 10.2 Å². The average Bonchev–Trinajstić information content (AvgIpc) is 2.74. The van der Waals surface area contributed by atoms with E-state index >= 15 is 0 Å². The number of halogens is 2. The number of aromatic nitrogens is 2. The molecule has 0 bridgehead atoms. The van der Waals surface area contributed by atoms with Crippen LogP contribution < -0.4 is 11.1 Å². The van der Waals surface area contributed by atoms with E-state index in [0.29, 0.717) is 5.82 Å². The van der Waals surface area contributed by atoms with Crippen molar-refractivity contribution >= 4 is 50.6 Å². The van der Waals surface area contributed by atoms with Crippen molar-refractivity contribution in [2.75, 3.05) is 11.1 Å². The number of benzene rings is 1. The van der Waals surface area contributed by atoms with Crippen molar-refractivity contribution in [3.63, 3.8) is 0 Å². The Balaban J connectivity index is 2.15. The smallest absolute Gasteiger partial charge is 0.223 e. The van der Waals surface area contributed by atoms with E-state index in [-0.39, 0.29) is 16.7 Å². The average molecular weight is 309 g/mol. The first-order valence-electron chi connectivity index (χ1n) is 5.79. The summed E-state index contributed by atoms with van der Waals surface area (Å²) < 4.78 is 13.8. The van der Waals surface area contributed by atoms with Crippen LogP contribution >= 0.6 is 22.9 Å². The molecule has 0 saturated carbocycles. The normalized spacial score (nSPS) is 10.9. The molecule has 0 saturated heterocycles. The van der Waals surface area contributed by atoms with Crippen molar-refractivity contribution < 1.29 is 4.39 Å². The number of thiophene rings is 1. The van der Waals surface area contributed by atoms with Gasteiger partial charge in [0.2, 0.25) is 5.95 Å².